The summed E-state index contributed by atoms with van der Waals surface area (Å²) in [6, 6.07) is 39.6. The van der Waals surface area contributed by atoms with Gasteiger partial charge in [-0.2, -0.15) is 0 Å². The van der Waals surface area contributed by atoms with Gasteiger partial charge in [0.05, 0.1) is 12.3 Å². The average Bonchev–Trinajstić information content (AvgIpc) is 3.09. The second-order valence-electron chi connectivity index (χ2n) is 10.2. The first-order valence-electron chi connectivity index (χ1n) is 14.9. The molecular weight excluding hydrogens is 630 g/mol. The van der Waals surface area contributed by atoms with E-state index >= 15 is 0 Å². The third kappa shape index (κ3) is 9.13. The lowest BCUT2D eigenvalue weighted by Crippen LogP contribution is -2.30. The largest absolute Gasteiger partial charge is 0.492 e. The van der Waals surface area contributed by atoms with Crippen LogP contribution in [-0.4, -0.2) is 24.3 Å². The number of amides is 3. The van der Waals surface area contributed by atoms with Crippen LogP contribution in [0.5, 0.6) is 5.75 Å². The molecule has 236 valence electrons. The zero-order valence-electron chi connectivity index (χ0n) is 25.5. The summed E-state index contributed by atoms with van der Waals surface area (Å²) in [4.78, 5) is 41.1. The number of rotatable bonds is 12. The highest BCUT2D eigenvalue weighted by Gasteiger charge is 2.24. The highest BCUT2D eigenvalue weighted by Crippen LogP contribution is 2.38. The molecule has 5 aromatic carbocycles. The molecule has 0 heterocycles. The Kier molecular flexibility index (Phi) is 11.5. The van der Waals surface area contributed by atoms with E-state index in [1.807, 2.05) is 61.5 Å². The predicted molar refractivity (Wildman–Crippen MR) is 190 cm³/mol. The number of benzene rings is 5. The van der Waals surface area contributed by atoms with Gasteiger partial charge < -0.3 is 20.7 Å². The Hall–Kier alpha value is -5.31. The minimum absolute atomic E-state index is 0.0134. The fourth-order valence-corrected chi connectivity index (χ4v) is 5.90. The van der Waals surface area contributed by atoms with E-state index in [9.17, 15) is 14.4 Å². The lowest BCUT2D eigenvalue weighted by molar-refractivity contribution is -0.116. The van der Waals surface area contributed by atoms with Gasteiger partial charge in [0.1, 0.15) is 16.7 Å². The molecule has 0 saturated carbocycles. The van der Waals surface area contributed by atoms with Gasteiger partial charge in [-0.05, 0) is 72.7 Å². The minimum atomic E-state index is -0.613. The summed E-state index contributed by atoms with van der Waals surface area (Å²) in [5.41, 5.74) is 2.86. The number of hydrogen-bond acceptors (Lipinski definition) is 5. The molecule has 0 fully saturated rings. The van der Waals surface area contributed by atoms with Gasteiger partial charge in [0, 0.05) is 21.2 Å². The van der Waals surface area contributed by atoms with Crippen molar-refractivity contribution in [3.63, 3.8) is 0 Å². The number of carbonyl (C=O) groups excluding carboxylic acids is 3. The van der Waals surface area contributed by atoms with Crippen molar-refractivity contribution in [3.8, 4) is 5.75 Å². The third-order valence-electron chi connectivity index (χ3n) is 6.86. The van der Waals surface area contributed by atoms with Crippen LogP contribution in [-0.2, 0) is 9.59 Å². The van der Waals surface area contributed by atoms with E-state index in [-0.39, 0.29) is 11.6 Å². The minimum Gasteiger partial charge on any atom is -0.492 e. The molecular formula is C38H32ClN3O4S. The number of hydrogen-bond donors (Lipinski definition) is 3. The Labute approximate surface area is 283 Å². The van der Waals surface area contributed by atoms with E-state index in [4.69, 9.17) is 16.3 Å². The molecule has 0 aliphatic carbocycles. The zero-order valence-corrected chi connectivity index (χ0v) is 27.1. The first-order chi connectivity index (χ1) is 22.9. The molecule has 0 spiro atoms. The molecule has 3 amide bonds. The van der Waals surface area contributed by atoms with Crippen LogP contribution in [0.3, 0.4) is 0 Å². The number of anilines is 2. The van der Waals surface area contributed by atoms with Gasteiger partial charge >= 0.3 is 0 Å². The van der Waals surface area contributed by atoms with Crippen molar-refractivity contribution in [2.24, 2.45) is 0 Å². The number of thioether (sulfide) groups is 1. The van der Waals surface area contributed by atoms with Crippen LogP contribution < -0.4 is 20.7 Å². The SMILES string of the molecule is CCOc1ccccc1NC(=O)C(Sc1cccc(NC(=O)/C(=C\c2ccccc2Cl)NC(=O)c2ccccc2)c1)c1ccccc1. The Bertz CT molecular complexity index is 1880. The van der Waals surface area contributed by atoms with Gasteiger partial charge in [0.15, 0.2) is 0 Å². The molecule has 0 aromatic heterocycles. The van der Waals surface area contributed by atoms with Crippen LogP contribution >= 0.6 is 23.4 Å². The monoisotopic (exact) mass is 661 g/mol. The van der Waals surface area contributed by atoms with Crippen LogP contribution in [0.2, 0.25) is 5.02 Å². The highest BCUT2D eigenvalue weighted by atomic mass is 35.5. The molecule has 3 N–H and O–H groups in total. The van der Waals surface area contributed by atoms with Gasteiger partial charge in [-0.3, -0.25) is 14.4 Å². The normalized spacial score (nSPS) is 11.7. The molecule has 0 saturated heterocycles. The van der Waals surface area contributed by atoms with E-state index < -0.39 is 17.1 Å². The van der Waals surface area contributed by atoms with Crippen molar-refractivity contribution in [3.05, 3.63) is 161 Å². The summed E-state index contributed by atoms with van der Waals surface area (Å²) >= 11 is 7.72. The third-order valence-corrected chi connectivity index (χ3v) is 8.46. The Morgan fingerprint density at radius 3 is 2.21 bits per heavy atom. The van der Waals surface area contributed by atoms with Crippen LogP contribution in [0.15, 0.2) is 144 Å². The molecule has 1 unspecified atom stereocenters. The fraction of sp³-hybridized carbons (Fsp3) is 0.0789. The molecule has 0 aliphatic rings. The number of nitrogens with one attached hydrogen (secondary N) is 3. The van der Waals surface area contributed by atoms with Gasteiger partial charge in [0.2, 0.25) is 5.91 Å². The van der Waals surface area contributed by atoms with Crippen LogP contribution in [0, 0.1) is 0 Å². The van der Waals surface area contributed by atoms with E-state index in [0.717, 1.165) is 10.5 Å². The predicted octanol–water partition coefficient (Wildman–Crippen LogP) is 8.62. The molecule has 7 nitrogen and oxygen atoms in total. The summed E-state index contributed by atoms with van der Waals surface area (Å²) < 4.78 is 5.71. The second-order valence-corrected chi connectivity index (χ2v) is 11.8. The van der Waals surface area contributed by atoms with Crippen molar-refractivity contribution < 1.29 is 19.1 Å². The average molecular weight is 662 g/mol. The summed E-state index contributed by atoms with van der Waals surface area (Å²) in [6.45, 7) is 2.35. The Balaban J connectivity index is 1.38. The van der Waals surface area contributed by atoms with Gasteiger partial charge in [-0.25, -0.2) is 0 Å². The van der Waals surface area contributed by atoms with E-state index in [1.165, 1.54) is 17.8 Å². The van der Waals surface area contributed by atoms with Crippen molar-refractivity contribution in [1.29, 1.82) is 0 Å². The fourth-order valence-electron chi connectivity index (χ4n) is 4.62. The maximum Gasteiger partial charge on any atom is 0.272 e. The smallest absolute Gasteiger partial charge is 0.272 e. The van der Waals surface area contributed by atoms with Crippen molar-refractivity contribution >= 4 is 58.5 Å². The topological polar surface area (TPSA) is 96.5 Å². The molecule has 5 aromatic rings. The second kappa shape index (κ2) is 16.3. The highest BCUT2D eigenvalue weighted by molar-refractivity contribution is 8.00. The van der Waals surface area contributed by atoms with E-state index in [0.29, 0.717) is 39.9 Å². The van der Waals surface area contributed by atoms with Gasteiger partial charge in [0.25, 0.3) is 11.8 Å². The molecule has 0 aliphatic heterocycles. The summed E-state index contributed by atoms with van der Waals surface area (Å²) in [6.07, 6.45) is 1.53. The number of halogens is 1. The standard InChI is InChI=1S/C38H32ClN3O4S/c1-2-46-34-23-12-11-22-32(34)41-38(45)35(26-14-5-3-6-15-26)47-30-20-13-19-29(25-30)40-37(44)33(24-28-18-9-10-21-31(28)39)42-36(43)27-16-7-4-8-17-27/h3-25,35H,2H2,1H3,(H,40,44)(H,41,45)(H,42,43)/b33-24+. The molecule has 1 atom stereocenters. The first kappa shape index (κ1) is 33.1. The van der Waals surface area contributed by atoms with E-state index in [1.54, 1.807) is 78.9 Å². The Morgan fingerprint density at radius 2 is 1.47 bits per heavy atom. The summed E-state index contributed by atoms with van der Waals surface area (Å²) in [5, 5.41) is 8.46. The van der Waals surface area contributed by atoms with E-state index in [2.05, 4.69) is 16.0 Å². The van der Waals surface area contributed by atoms with Crippen molar-refractivity contribution in [1.82, 2.24) is 5.32 Å². The molecule has 0 radical (unpaired) electrons. The summed E-state index contributed by atoms with van der Waals surface area (Å²) in [7, 11) is 0. The number of ether oxygens (including phenoxy) is 1. The van der Waals surface area contributed by atoms with Crippen LogP contribution in [0.4, 0.5) is 11.4 Å². The Morgan fingerprint density at radius 1 is 0.787 bits per heavy atom. The number of carbonyl (C=O) groups is 3. The van der Waals surface area contributed by atoms with Crippen molar-refractivity contribution in [2.75, 3.05) is 17.2 Å². The lowest BCUT2D eigenvalue weighted by atomic mass is 10.1. The zero-order chi connectivity index (χ0) is 33.0. The number of para-hydroxylation sites is 2. The maximum atomic E-state index is 13.7. The molecule has 9 heteroatoms. The van der Waals surface area contributed by atoms with Crippen molar-refractivity contribution in [2.45, 2.75) is 17.1 Å². The molecule has 5 rings (SSSR count). The first-order valence-corrected chi connectivity index (χ1v) is 16.2. The molecule has 47 heavy (non-hydrogen) atoms. The van der Waals surface area contributed by atoms with Gasteiger partial charge in [-0.15, -0.1) is 11.8 Å². The van der Waals surface area contributed by atoms with Crippen LogP contribution in [0.25, 0.3) is 6.08 Å². The summed E-state index contributed by atoms with van der Waals surface area (Å²) in [5.74, 6) is -0.617. The van der Waals surface area contributed by atoms with Gasteiger partial charge in [-0.1, -0.05) is 96.5 Å². The lowest BCUT2D eigenvalue weighted by Gasteiger charge is -2.19. The van der Waals surface area contributed by atoms with Crippen LogP contribution in [0.1, 0.15) is 33.7 Å². The molecule has 0 bridgehead atoms. The quantitative estimate of drug-likeness (QED) is 0.0919. The maximum absolute atomic E-state index is 13.7.